The predicted octanol–water partition coefficient (Wildman–Crippen LogP) is 1.85. The average molecular weight is 291 g/mol. The molecule has 6 nitrogen and oxygen atoms in total. The van der Waals surface area contributed by atoms with Crippen LogP contribution in [0.4, 0.5) is 11.4 Å². The van der Waals surface area contributed by atoms with Gasteiger partial charge in [0.05, 0.1) is 16.4 Å². The minimum atomic E-state index is -3.02. The average Bonchev–Trinajstić information content (AvgIpc) is 2.57. The normalized spacial score (nSPS) is 21.7. The van der Waals surface area contributed by atoms with Crippen LogP contribution >= 0.6 is 11.6 Å². The molecule has 0 aromatic heterocycles. The molecule has 0 saturated carbocycles. The highest BCUT2D eigenvalue weighted by molar-refractivity contribution is 7.91. The first kappa shape index (κ1) is 13.1. The minimum Gasteiger partial charge on any atom is -0.376 e. The Labute approximate surface area is 109 Å². The molecule has 0 aliphatic carbocycles. The number of nitrogens with one attached hydrogen (secondary N) is 1. The molecule has 1 saturated heterocycles. The van der Waals surface area contributed by atoms with E-state index in [1.54, 1.807) is 6.07 Å². The Kier molecular flexibility index (Phi) is 3.45. The van der Waals surface area contributed by atoms with E-state index < -0.39 is 14.8 Å². The number of nitrogens with zero attached hydrogens (tertiary/aromatic N) is 1. The zero-order chi connectivity index (χ0) is 13.3. The number of hydrogen-bond donors (Lipinski definition) is 1. The van der Waals surface area contributed by atoms with Crippen LogP contribution in [0.25, 0.3) is 0 Å². The number of rotatable bonds is 3. The van der Waals surface area contributed by atoms with Crippen molar-refractivity contribution in [3.8, 4) is 0 Å². The minimum absolute atomic E-state index is 0.00331. The summed E-state index contributed by atoms with van der Waals surface area (Å²) in [6, 6.07) is 4.24. The number of sulfone groups is 1. The number of para-hydroxylation sites is 1. The molecular weight excluding hydrogens is 280 g/mol. The Morgan fingerprint density at radius 2 is 2.17 bits per heavy atom. The van der Waals surface area contributed by atoms with Gasteiger partial charge in [-0.3, -0.25) is 10.1 Å². The maximum Gasteiger partial charge on any atom is 0.310 e. The Bertz CT molecular complexity index is 588. The van der Waals surface area contributed by atoms with Crippen LogP contribution in [-0.2, 0) is 9.84 Å². The SMILES string of the molecule is O=[N+]([O-])c1c(Cl)cccc1NC1CCS(=O)(=O)C1. The fraction of sp³-hybridized carbons (Fsp3) is 0.400. The molecule has 18 heavy (non-hydrogen) atoms. The lowest BCUT2D eigenvalue weighted by Crippen LogP contribution is -2.21. The van der Waals surface area contributed by atoms with Crippen molar-refractivity contribution >= 4 is 32.8 Å². The molecule has 1 N–H and O–H groups in total. The Morgan fingerprint density at radius 3 is 2.72 bits per heavy atom. The molecule has 1 aliphatic heterocycles. The molecule has 1 unspecified atom stereocenters. The third-order valence-electron chi connectivity index (χ3n) is 2.76. The van der Waals surface area contributed by atoms with Crippen LogP contribution in [0.5, 0.6) is 0 Å². The molecule has 0 bridgehead atoms. The first-order valence-corrected chi connectivity index (χ1v) is 7.49. The second-order valence-corrected chi connectivity index (χ2v) is 6.77. The third kappa shape index (κ3) is 2.73. The maximum absolute atomic E-state index is 11.3. The summed E-state index contributed by atoms with van der Waals surface area (Å²) < 4.78 is 22.6. The zero-order valence-electron chi connectivity index (χ0n) is 9.30. The van der Waals surface area contributed by atoms with E-state index >= 15 is 0 Å². The van der Waals surface area contributed by atoms with Gasteiger partial charge in [-0.2, -0.15) is 0 Å². The maximum atomic E-state index is 11.3. The number of hydrogen-bond acceptors (Lipinski definition) is 5. The van der Waals surface area contributed by atoms with Crippen LogP contribution < -0.4 is 5.32 Å². The van der Waals surface area contributed by atoms with Crippen molar-refractivity contribution in [1.29, 1.82) is 0 Å². The monoisotopic (exact) mass is 290 g/mol. The number of nitro groups is 1. The fourth-order valence-electron chi connectivity index (χ4n) is 1.95. The zero-order valence-corrected chi connectivity index (χ0v) is 10.9. The van der Waals surface area contributed by atoms with E-state index in [1.807, 2.05) is 0 Å². The van der Waals surface area contributed by atoms with Crippen molar-refractivity contribution in [2.45, 2.75) is 12.5 Å². The Morgan fingerprint density at radius 1 is 1.44 bits per heavy atom. The highest BCUT2D eigenvalue weighted by atomic mass is 35.5. The summed E-state index contributed by atoms with van der Waals surface area (Å²) in [4.78, 5) is 10.3. The molecule has 2 rings (SSSR count). The van der Waals surface area contributed by atoms with Crippen molar-refractivity contribution in [3.05, 3.63) is 33.3 Å². The van der Waals surface area contributed by atoms with Gasteiger partial charge in [0.15, 0.2) is 9.84 Å². The van der Waals surface area contributed by atoms with Gasteiger partial charge in [0.2, 0.25) is 0 Å². The Hall–Kier alpha value is -1.34. The molecule has 1 heterocycles. The molecule has 8 heteroatoms. The second kappa shape index (κ2) is 4.74. The summed E-state index contributed by atoms with van der Waals surface area (Å²) in [6.45, 7) is 0. The van der Waals surface area contributed by atoms with Crippen LogP contribution in [0, 0.1) is 10.1 Å². The molecule has 98 valence electrons. The fourth-order valence-corrected chi connectivity index (χ4v) is 3.86. The summed E-state index contributed by atoms with van der Waals surface area (Å²) in [5, 5.41) is 13.8. The van der Waals surface area contributed by atoms with Crippen LogP contribution in [0.3, 0.4) is 0 Å². The lowest BCUT2D eigenvalue weighted by molar-refractivity contribution is -0.383. The summed E-state index contributed by atoms with van der Waals surface area (Å²) in [6.07, 6.45) is 0.450. The quantitative estimate of drug-likeness (QED) is 0.678. The first-order chi connectivity index (χ1) is 8.39. The third-order valence-corrected chi connectivity index (χ3v) is 4.83. The summed E-state index contributed by atoms with van der Waals surface area (Å²) >= 11 is 5.77. The van der Waals surface area contributed by atoms with E-state index in [0.717, 1.165) is 0 Å². The molecule has 1 fully saturated rings. The molecular formula is C10H11ClN2O4S. The molecule has 0 radical (unpaired) electrons. The summed E-state index contributed by atoms with van der Waals surface area (Å²) in [7, 11) is -3.02. The lowest BCUT2D eigenvalue weighted by atomic mass is 10.2. The number of nitro benzene ring substituents is 1. The van der Waals surface area contributed by atoms with Gasteiger partial charge in [0, 0.05) is 6.04 Å². The number of halogens is 1. The van der Waals surface area contributed by atoms with Gasteiger partial charge in [0.1, 0.15) is 10.7 Å². The highest BCUT2D eigenvalue weighted by Gasteiger charge is 2.29. The highest BCUT2D eigenvalue weighted by Crippen LogP contribution is 2.33. The summed E-state index contributed by atoms with van der Waals surface area (Å²) in [5.74, 6) is 0.107. The molecule has 1 aromatic carbocycles. The topological polar surface area (TPSA) is 89.3 Å². The van der Waals surface area contributed by atoms with Crippen LogP contribution in [-0.4, -0.2) is 30.9 Å². The van der Waals surface area contributed by atoms with Gasteiger partial charge in [-0.1, -0.05) is 17.7 Å². The van der Waals surface area contributed by atoms with Gasteiger partial charge in [-0.25, -0.2) is 8.42 Å². The van der Waals surface area contributed by atoms with Gasteiger partial charge < -0.3 is 5.32 Å². The van der Waals surface area contributed by atoms with Gasteiger partial charge in [0.25, 0.3) is 0 Å². The van der Waals surface area contributed by atoms with E-state index in [0.29, 0.717) is 6.42 Å². The van der Waals surface area contributed by atoms with Crippen LogP contribution in [0.2, 0.25) is 5.02 Å². The van der Waals surface area contributed by atoms with E-state index in [-0.39, 0.29) is 33.9 Å². The Balaban J connectivity index is 2.25. The predicted molar refractivity (Wildman–Crippen MR) is 68.8 cm³/mol. The van der Waals surface area contributed by atoms with Crippen molar-refractivity contribution in [2.24, 2.45) is 0 Å². The smallest absolute Gasteiger partial charge is 0.310 e. The second-order valence-electron chi connectivity index (χ2n) is 4.14. The van der Waals surface area contributed by atoms with Gasteiger partial charge in [-0.05, 0) is 18.6 Å². The molecule has 0 spiro atoms. The standard InChI is InChI=1S/C10H11ClN2O4S/c11-8-2-1-3-9(10(8)13(14)15)12-7-4-5-18(16,17)6-7/h1-3,7,12H,4-6H2. The van der Waals surface area contributed by atoms with Gasteiger partial charge >= 0.3 is 5.69 Å². The number of benzene rings is 1. The van der Waals surface area contributed by atoms with Crippen molar-refractivity contribution in [3.63, 3.8) is 0 Å². The first-order valence-electron chi connectivity index (χ1n) is 5.29. The molecule has 1 atom stereocenters. The van der Waals surface area contributed by atoms with Gasteiger partial charge in [-0.15, -0.1) is 0 Å². The molecule has 0 amide bonds. The number of anilines is 1. The van der Waals surface area contributed by atoms with E-state index in [2.05, 4.69) is 5.32 Å². The van der Waals surface area contributed by atoms with E-state index in [1.165, 1.54) is 12.1 Å². The van der Waals surface area contributed by atoms with Crippen molar-refractivity contribution in [1.82, 2.24) is 0 Å². The van der Waals surface area contributed by atoms with Crippen molar-refractivity contribution in [2.75, 3.05) is 16.8 Å². The van der Waals surface area contributed by atoms with E-state index in [4.69, 9.17) is 11.6 Å². The van der Waals surface area contributed by atoms with E-state index in [9.17, 15) is 18.5 Å². The summed E-state index contributed by atoms with van der Waals surface area (Å²) in [5.41, 5.74) is 0.0399. The van der Waals surface area contributed by atoms with Crippen LogP contribution in [0.1, 0.15) is 6.42 Å². The largest absolute Gasteiger partial charge is 0.376 e. The lowest BCUT2D eigenvalue weighted by Gasteiger charge is -2.12. The van der Waals surface area contributed by atoms with Crippen molar-refractivity contribution < 1.29 is 13.3 Å². The molecule has 1 aliphatic rings. The van der Waals surface area contributed by atoms with Crippen LogP contribution in [0.15, 0.2) is 18.2 Å². The molecule has 1 aromatic rings.